The minimum atomic E-state index is -0.514. The molecule has 0 saturated carbocycles. The summed E-state index contributed by atoms with van der Waals surface area (Å²) in [6.45, 7) is 3.37. The monoisotopic (exact) mass is 240 g/mol. The Morgan fingerprint density at radius 2 is 2.24 bits per heavy atom. The standard InChI is InChI=1S/C11H16N2O4/c1-3-16-4-5-17-10-6-8(11(14)15-2)9(12)7-13-10/h6-7H,3-5,12H2,1-2H3. The average Bonchev–Trinajstić information content (AvgIpc) is 2.35. The molecule has 0 aliphatic carbocycles. The van der Waals surface area contributed by atoms with Crippen molar-refractivity contribution in [2.75, 3.05) is 32.7 Å². The first-order valence-corrected chi connectivity index (χ1v) is 5.23. The molecule has 0 radical (unpaired) electrons. The third kappa shape index (κ3) is 3.92. The van der Waals surface area contributed by atoms with Crippen molar-refractivity contribution in [3.05, 3.63) is 17.8 Å². The Morgan fingerprint density at radius 3 is 2.88 bits per heavy atom. The Morgan fingerprint density at radius 1 is 1.47 bits per heavy atom. The van der Waals surface area contributed by atoms with Crippen LogP contribution in [0.1, 0.15) is 17.3 Å². The lowest BCUT2D eigenvalue weighted by Gasteiger charge is -2.08. The second kappa shape index (κ2) is 6.70. The number of esters is 1. The summed E-state index contributed by atoms with van der Waals surface area (Å²) in [4.78, 5) is 15.3. The van der Waals surface area contributed by atoms with E-state index in [4.69, 9.17) is 15.2 Å². The molecule has 17 heavy (non-hydrogen) atoms. The Hall–Kier alpha value is -1.82. The van der Waals surface area contributed by atoms with Crippen molar-refractivity contribution in [3.8, 4) is 5.88 Å². The van der Waals surface area contributed by atoms with Crippen molar-refractivity contribution >= 4 is 11.7 Å². The van der Waals surface area contributed by atoms with E-state index in [9.17, 15) is 4.79 Å². The van der Waals surface area contributed by atoms with Crippen LogP contribution in [-0.2, 0) is 9.47 Å². The van der Waals surface area contributed by atoms with Crippen molar-refractivity contribution in [3.63, 3.8) is 0 Å². The SMILES string of the molecule is CCOCCOc1cc(C(=O)OC)c(N)cn1. The summed E-state index contributed by atoms with van der Waals surface area (Å²) in [6, 6.07) is 1.45. The molecule has 6 nitrogen and oxygen atoms in total. The first-order valence-electron chi connectivity index (χ1n) is 5.23. The molecule has 0 aromatic carbocycles. The molecule has 1 heterocycles. The van der Waals surface area contributed by atoms with Crippen molar-refractivity contribution in [1.29, 1.82) is 0 Å². The number of anilines is 1. The average molecular weight is 240 g/mol. The van der Waals surface area contributed by atoms with Crippen LogP contribution in [0.4, 0.5) is 5.69 Å². The predicted octanol–water partition coefficient (Wildman–Crippen LogP) is 0.866. The summed E-state index contributed by atoms with van der Waals surface area (Å²) >= 11 is 0. The van der Waals surface area contributed by atoms with E-state index < -0.39 is 5.97 Å². The molecule has 1 rings (SSSR count). The number of carbonyl (C=O) groups is 1. The van der Waals surface area contributed by atoms with Crippen LogP contribution in [0.3, 0.4) is 0 Å². The van der Waals surface area contributed by atoms with Crippen molar-refractivity contribution < 1.29 is 19.0 Å². The third-order valence-corrected chi connectivity index (χ3v) is 2.00. The summed E-state index contributed by atoms with van der Waals surface area (Å²) in [5.74, 6) is -0.195. The molecule has 94 valence electrons. The van der Waals surface area contributed by atoms with E-state index in [0.717, 1.165) is 0 Å². The van der Waals surface area contributed by atoms with Crippen LogP contribution >= 0.6 is 0 Å². The molecule has 1 aromatic rings. The molecule has 0 aliphatic rings. The van der Waals surface area contributed by atoms with Gasteiger partial charge >= 0.3 is 5.97 Å². The van der Waals surface area contributed by atoms with Gasteiger partial charge in [-0.05, 0) is 6.92 Å². The molecule has 2 N–H and O–H groups in total. The molecule has 0 atom stereocenters. The van der Waals surface area contributed by atoms with Crippen LogP contribution < -0.4 is 10.5 Å². The van der Waals surface area contributed by atoms with Crippen molar-refractivity contribution in [2.24, 2.45) is 0 Å². The highest BCUT2D eigenvalue weighted by molar-refractivity contribution is 5.95. The summed E-state index contributed by atoms with van der Waals surface area (Å²) in [7, 11) is 1.29. The molecular weight excluding hydrogens is 224 g/mol. The lowest BCUT2D eigenvalue weighted by atomic mass is 10.2. The fraction of sp³-hybridized carbons (Fsp3) is 0.455. The lowest BCUT2D eigenvalue weighted by Crippen LogP contribution is -2.10. The highest BCUT2D eigenvalue weighted by Crippen LogP contribution is 2.17. The van der Waals surface area contributed by atoms with E-state index in [-0.39, 0.29) is 11.3 Å². The molecule has 0 bridgehead atoms. The van der Waals surface area contributed by atoms with Crippen LogP contribution in [0.25, 0.3) is 0 Å². The molecule has 0 aliphatic heterocycles. The van der Waals surface area contributed by atoms with Gasteiger partial charge in [-0.1, -0.05) is 0 Å². The minimum absolute atomic E-state index is 0.244. The number of nitrogens with two attached hydrogens (primary N) is 1. The highest BCUT2D eigenvalue weighted by atomic mass is 16.5. The fourth-order valence-corrected chi connectivity index (χ4v) is 1.16. The van der Waals surface area contributed by atoms with Gasteiger partial charge in [0.15, 0.2) is 0 Å². The maximum atomic E-state index is 11.4. The van der Waals surface area contributed by atoms with Gasteiger partial charge in [-0.2, -0.15) is 0 Å². The normalized spacial score (nSPS) is 10.0. The van der Waals surface area contributed by atoms with Gasteiger partial charge in [-0.3, -0.25) is 0 Å². The number of nitrogens with zero attached hydrogens (tertiary/aromatic N) is 1. The van der Waals surface area contributed by atoms with Gasteiger partial charge in [-0.15, -0.1) is 0 Å². The zero-order valence-electron chi connectivity index (χ0n) is 9.93. The number of rotatable bonds is 6. The minimum Gasteiger partial charge on any atom is -0.475 e. The first-order chi connectivity index (χ1) is 8.19. The molecule has 0 amide bonds. The van der Waals surface area contributed by atoms with Gasteiger partial charge in [0.2, 0.25) is 5.88 Å². The van der Waals surface area contributed by atoms with E-state index in [1.807, 2.05) is 6.92 Å². The van der Waals surface area contributed by atoms with E-state index in [1.165, 1.54) is 19.4 Å². The second-order valence-corrected chi connectivity index (χ2v) is 3.15. The molecule has 0 spiro atoms. The number of nitrogen functional groups attached to an aromatic ring is 1. The van der Waals surface area contributed by atoms with Gasteiger partial charge in [0.05, 0.1) is 31.2 Å². The largest absolute Gasteiger partial charge is 0.475 e. The second-order valence-electron chi connectivity index (χ2n) is 3.15. The van der Waals surface area contributed by atoms with Crippen molar-refractivity contribution in [1.82, 2.24) is 4.98 Å². The smallest absolute Gasteiger partial charge is 0.340 e. The number of ether oxygens (including phenoxy) is 3. The highest BCUT2D eigenvalue weighted by Gasteiger charge is 2.12. The van der Waals surface area contributed by atoms with Crippen molar-refractivity contribution in [2.45, 2.75) is 6.92 Å². The Kier molecular flexibility index (Phi) is 5.22. The maximum absolute atomic E-state index is 11.4. The van der Waals surface area contributed by atoms with Crippen LogP contribution in [-0.4, -0.2) is 37.9 Å². The summed E-state index contributed by atoms with van der Waals surface area (Å²) in [5, 5.41) is 0. The fourth-order valence-electron chi connectivity index (χ4n) is 1.16. The number of carbonyl (C=O) groups excluding carboxylic acids is 1. The zero-order chi connectivity index (χ0) is 12.7. The van der Waals surface area contributed by atoms with E-state index in [0.29, 0.717) is 25.7 Å². The summed E-state index contributed by atoms with van der Waals surface area (Å²) < 4.78 is 15.0. The third-order valence-electron chi connectivity index (χ3n) is 2.00. The number of aromatic nitrogens is 1. The van der Waals surface area contributed by atoms with Gasteiger partial charge in [-0.25, -0.2) is 9.78 Å². The van der Waals surface area contributed by atoms with Crippen LogP contribution in [0, 0.1) is 0 Å². The van der Waals surface area contributed by atoms with Crippen LogP contribution in [0.15, 0.2) is 12.3 Å². The lowest BCUT2D eigenvalue weighted by molar-refractivity contribution is 0.0601. The molecule has 0 unspecified atom stereocenters. The molecule has 0 saturated heterocycles. The van der Waals surface area contributed by atoms with E-state index in [1.54, 1.807) is 0 Å². The Bertz CT molecular complexity index is 382. The number of hydrogen-bond donors (Lipinski definition) is 1. The predicted molar refractivity (Wildman–Crippen MR) is 62.0 cm³/mol. The topological polar surface area (TPSA) is 83.7 Å². The number of hydrogen-bond acceptors (Lipinski definition) is 6. The van der Waals surface area contributed by atoms with E-state index in [2.05, 4.69) is 9.72 Å². The molecule has 0 fully saturated rings. The van der Waals surface area contributed by atoms with Gasteiger partial charge < -0.3 is 19.9 Å². The summed E-state index contributed by atoms with van der Waals surface area (Å²) in [6.07, 6.45) is 1.36. The maximum Gasteiger partial charge on any atom is 0.340 e. The summed E-state index contributed by atoms with van der Waals surface area (Å²) in [5.41, 5.74) is 6.10. The van der Waals surface area contributed by atoms with E-state index >= 15 is 0 Å². The number of pyridine rings is 1. The van der Waals surface area contributed by atoms with Gasteiger partial charge in [0.1, 0.15) is 6.61 Å². The molecule has 6 heteroatoms. The first kappa shape index (κ1) is 13.2. The quantitative estimate of drug-likeness (QED) is 0.586. The van der Waals surface area contributed by atoms with Crippen LogP contribution in [0.2, 0.25) is 0 Å². The zero-order valence-corrected chi connectivity index (χ0v) is 9.93. The number of methoxy groups -OCH3 is 1. The van der Waals surface area contributed by atoms with Gasteiger partial charge in [0, 0.05) is 12.7 Å². The van der Waals surface area contributed by atoms with Gasteiger partial charge in [0.25, 0.3) is 0 Å². The van der Waals surface area contributed by atoms with Crippen LogP contribution in [0.5, 0.6) is 5.88 Å². The molecular formula is C11H16N2O4. The Labute approximate surface area is 99.7 Å². The Balaban J connectivity index is 2.65. The molecule has 1 aromatic heterocycles.